The Morgan fingerprint density at radius 1 is 0.938 bits per heavy atom. The zero-order valence-electron chi connectivity index (χ0n) is 18.4. The largest absolute Gasteiger partial charge is 0.307 e. The molecule has 3 aliphatic rings. The second-order valence-electron chi connectivity index (χ2n) is 9.73. The van der Waals surface area contributed by atoms with Gasteiger partial charge >= 0.3 is 0 Å². The first-order valence-corrected chi connectivity index (χ1v) is 14.2. The molecule has 0 N–H and O–H groups in total. The average molecular weight is 517 g/mol. The van der Waals surface area contributed by atoms with Crippen LogP contribution in [-0.4, -0.2) is 26.1 Å². The van der Waals surface area contributed by atoms with Crippen LogP contribution in [0.1, 0.15) is 80.1 Å². The lowest BCUT2D eigenvalue weighted by Crippen LogP contribution is -2.38. The van der Waals surface area contributed by atoms with Gasteiger partial charge in [0.2, 0.25) is 0 Å². The second kappa shape index (κ2) is 8.60. The molecule has 0 atom stereocenters. The number of hydrogen-bond acceptors (Lipinski definition) is 3. The fourth-order valence-corrected chi connectivity index (χ4v) is 8.27. The van der Waals surface area contributed by atoms with Crippen LogP contribution < -0.4 is 4.90 Å². The summed E-state index contributed by atoms with van der Waals surface area (Å²) in [6, 6.07) is 12.9. The van der Waals surface area contributed by atoms with Crippen molar-refractivity contribution in [3.8, 4) is 0 Å². The van der Waals surface area contributed by atoms with E-state index < -0.39 is 9.84 Å². The van der Waals surface area contributed by atoms with Gasteiger partial charge in [0.25, 0.3) is 5.91 Å². The van der Waals surface area contributed by atoms with Crippen LogP contribution in [0, 0.1) is 0 Å². The Labute approximate surface area is 199 Å². The molecule has 0 unspecified atom stereocenters. The smallest absolute Gasteiger partial charge is 0.258 e. The monoisotopic (exact) mass is 515 g/mol. The van der Waals surface area contributed by atoms with Crippen LogP contribution in [0.2, 0.25) is 0 Å². The third-order valence-electron chi connectivity index (χ3n) is 7.74. The van der Waals surface area contributed by atoms with Gasteiger partial charge in [0.1, 0.15) is 0 Å². The van der Waals surface area contributed by atoms with Gasteiger partial charge in [-0.1, -0.05) is 60.5 Å². The van der Waals surface area contributed by atoms with Gasteiger partial charge < -0.3 is 4.90 Å². The van der Waals surface area contributed by atoms with E-state index in [1.165, 1.54) is 24.8 Å². The molecule has 0 saturated heterocycles. The maximum atomic E-state index is 13.7. The number of halogens is 1. The third-order valence-corrected chi connectivity index (χ3v) is 10.5. The summed E-state index contributed by atoms with van der Waals surface area (Å²) in [5, 5.41) is -0.322. The number of fused-ring (bicyclic) bond motifs is 2. The van der Waals surface area contributed by atoms with Crippen LogP contribution in [-0.2, 0) is 15.3 Å². The quantitative estimate of drug-likeness (QED) is 0.473. The van der Waals surface area contributed by atoms with Crippen molar-refractivity contribution in [2.45, 2.75) is 79.8 Å². The minimum Gasteiger partial charge on any atom is -0.307 e. The number of nitrogens with zero attached hydrogens (tertiary/aromatic N) is 1. The van der Waals surface area contributed by atoms with E-state index >= 15 is 0 Å². The zero-order chi connectivity index (χ0) is 22.3. The minimum absolute atomic E-state index is 0.0127. The molecule has 2 fully saturated rings. The maximum Gasteiger partial charge on any atom is 0.258 e. The normalized spacial score (nSPS) is 21.0. The number of amides is 1. The molecule has 4 nitrogen and oxygen atoms in total. The van der Waals surface area contributed by atoms with E-state index in [4.69, 9.17) is 0 Å². The van der Waals surface area contributed by atoms with Crippen LogP contribution in [0.3, 0.4) is 0 Å². The number of anilines is 1. The average Bonchev–Trinajstić information content (AvgIpc) is 3.12. The Bertz CT molecular complexity index is 1130. The first-order chi connectivity index (χ1) is 15.4. The summed E-state index contributed by atoms with van der Waals surface area (Å²) in [4.78, 5) is 15.9. The van der Waals surface area contributed by atoms with Crippen LogP contribution in [0.15, 0.2) is 51.8 Å². The van der Waals surface area contributed by atoms with Crippen molar-refractivity contribution in [3.05, 3.63) is 58.1 Å². The Balaban J connectivity index is 1.48. The number of carbonyl (C=O) groups is 1. The maximum absolute atomic E-state index is 13.7. The molecule has 5 rings (SSSR count). The molecule has 2 aliphatic carbocycles. The van der Waals surface area contributed by atoms with Gasteiger partial charge in [0, 0.05) is 27.7 Å². The van der Waals surface area contributed by atoms with Gasteiger partial charge in [-0.3, -0.25) is 4.79 Å². The molecule has 0 bridgehead atoms. The van der Waals surface area contributed by atoms with Crippen molar-refractivity contribution in [2.75, 3.05) is 11.4 Å². The van der Waals surface area contributed by atoms with Gasteiger partial charge in [-0.2, -0.15) is 0 Å². The Kier molecular flexibility index (Phi) is 5.95. The zero-order valence-corrected chi connectivity index (χ0v) is 20.8. The van der Waals surface area contributed by atoms with Crippen molar-refractivity contribution in [2.24, 2.45) is 0 Å². The number of sulfone groups is 1. The molecule has 2 aromatic carbocycles. The van der Waals surface area contributed by atoms with Gasteiger partial charge in [0.15, 0.2) is 9.84 Å². The second-order valence-corrected chi connectivity index (χ2v) is 12.9. The van der Waals surface area contributed by atoms with Crippen LogP contribution in [0.25, 0.3) is 0 Å². The minimum atomic E-state index is -3.41. The molecule has 170 valence electrons. The van der Waals surface area contributed by atoms with E-state index in [2.05, 4.69) is 22.0 Å². The highest BCUT2D eigenvalue weighted by Crippen LogP contribution is 2.50. The third kappa shape index (κ3) is 3.83. The lowest BCUT2D eigenvalue weighted by molar-refractivity contribution is 0.0982. The Morgan fingerprint density at radius 3 is 2.41 bits per heavy atom. The summed E-state index contributed by atoms with van der Waals surface area (Å²) >= 11 is 3.62. The van der Waals surface area contributed by atoms with Crippen molar-refractivity contribution in [3.63, 3.8) is 0 Å². The van der Waals surface area contributed by atoms with Crippen LogP contribution in [0.4, 0.5) is 5.69 Å². The lowest BCUT2D eigenvalue weighted by atomic mass is 9.71. The molecule has 1 amide bonds. The van der Waals surface area contributed by atoms with Gasteiger partial charge in [-0.15, -0.1) is 0 Å². The van der Waals surface area contributed by atoms with Gasteiger partial charge in [0.05, 0.1) is 10.1 Å². The molecule has 1 aliphatic heterocycles. The first-order valence-electron chi connectivity index (χ1n) is 11.9. The van der Waals surface area contributed by atoms with E-state index in [0.717, 1.165) is 55.1 Å². The summed E-state index contributed by atoms with van der Waals surface area (Å²) in [7, 11) is -3.41. The fourth-order valence-electron chi connectivity index (χ4n) is 6.01. The summed E-state index contributed by atoms with van der Waals surface area (Å²) < 4.78 is 27.5. The summed E-state index contributed by atoms with van der Waals surface area (Å²) in [5.41, 5.74) is 2.70. The Hall–Kier alpha value is -1.66. The van der Waals surface area contributed by atoms with Crippen molar-refractivity contribution >= 4 is 37.4 Å². The fraction of sp³-hybridized carbons (Fsp3) is 0.500. The van der Waals surface area contributed by atoms with E-state index in [0.29, 0.717) is 12.1 Å². The molecule has 1 heterocycles. The molecule has 2 aromatic rings. The molecule has 0 radical (unpaired) electrons. The Morgan fingerprint density at radius 2 is 1.66 bits per heavy atom. The first kappa shape index (κ1) is 22.1. The number of hydrogen-bond donors (Lipinski definition) is 0. The summed E-state index contributed by atoms with van der Waals surface area (Å²) in [5.74, 6) is -0.100. The highest BCUT2D eigenvalue weighted by Gasteiger charge is 2.45. The van der Waals surface area contributed by atoms with Crippen molar-refractivity contribution < 1.29 is 13.2 Å². The molecule has 32 heavy (non-hydrogen) atoms. The molecule has 2 saturated carbocycles. The van der Waals surface area contributed by atoms with Crippen LogP contribution in [0.5, 0.6) is 0 Å². The number of carbonyl (C=O) groups excluding carboxylic acids is 1. The van der Waals surface area contributed by atoms with E-state index in [-0.39, 0.29) is 21.5 Å². The van der Waals surface area contributed by atoms with E-state index in [1.54, 1.807) is 24.3 Å². The SMILES string of the molecule is O=C(c1cccc(S(=O)(=O)C2CCCCC2)c1)N1CC2(CCCCC2)c2cc(Br)ccc21. The predicted octanol–water partition coefficient (Wildman–Crippen LogP) is 6.42. The summed E-state index contributed by atoms with van der Waals surface area (Å²) in [6.45, 7) is 0.678. The molecule has 1 spiro atoms. The number of rotatable bonds is 3. The van der Waals surface area contributed by atoms with E-state index in [9.17, 15) is 13.2 Å². The standard InChI is InChI=1S/C26H30BrNO3S/c27-20-12-13-24-23(17-20)26(14-5-2-6-15-26)18-28(24)25(29)19-8-7-11-22(16-19)32(30,31)21-9-3-1-4-10-21/h7-8,11-13,16-17,21H,1-6,9-10,14-15,18H2. The molecular weight excluding hydrogens is 486 g/mol. The van der Waals surface area contributed by atoms with Crippen molar-refractivity contribution in [1.82, 2.24) is 0 Å². The summed E-state index contributed by atoms with van der Waals surface area (Å²) in [6.07, 6.45) is 10.3. The van der Waals surface area contributed by atoms with Crippen LogP contribution >= 0.6 is 15.9 Å². The van der Waals surface area contributed by atoms with Crippen molar-refractivity contribution in [1.29, 1.82) is 0 Å². The molecule has 6 heteroatoms. The highest BCUT2D eigenvalue weighted by atomic mass is 79.9. The topological polar surface area (TPSA) is 54.5 Å². The van der Waals surface area contributed by atoms with Gasteiger partial charge in [-0.05, 0) is 67.6 Å². The highest BCUT2D eigenvalue weighted by molar-refractivity contribution is 9.10. The lowest BCUT2D eigenvalue weighted by Gasteiger charge is -2.34. The van der Waals surface area contributed by atoms with E-state index in [1.807, 2.05) is 17.0 Å². The molecular formula is C26H30BrNO3S. The van der Waals surface area contributed by atoms with Gasteiger partial charge in [-0.25, -0.2) is 8.42 Å². The molecule has 0 aromatic heterocycles. The predicted molar refractivity (Wildman–Crippen MR) is 131 cm³/mol. The number of benzene rings is 2.